The molecule has 0 unspecified atom stereocenters. The zero-order chi connectivity index (χ0) is 11.8. The Labute approximate surface area is 106 Å². The Hall–Kier alpha value is -1.65. The lowest BCUT2D eigenvalue weighted by Gasteiger charge is -1.88. The molecule has 0 aliphatic heterocycles. The van der Waals surface area contributed by atoms with Crippen LogP contribution in [-0.4, -0.2) is 11.3 Å². The van der Waals surface area contributed by atoms with Crippen LogP contribution in [0.4, 0.5) is 0 Å². The molecule has 0 bridgehead atoms. The Morgan fingerprint density at radius 2 is 2.18 bits per heavy atom. The van der Waals surface area contributed by atoms with Crippen molar-refractivity contribution in [3.63, 3.8) is 0 Å². The van der Waals surface area contributed by atoms with Gasteiger partial charge < -0.3 is 4.42 Å². The van der Waals surface area contributed by atoms with E-state index in [2.05, 4.69) is 4.98 Å². The molecule has 0 saturated carbocycles. The van der Waals surface area contributed by atoms with Gasteiger partial charge in [-0.1, -0.05) is 17.7 Å². The number of benzene rings is 1. The van der Waals surface area contributed by atoms with Gasteiger partial charge in [0.25, 0.3) is 0 Å². The number of nitrogens with zero attached hydrogens (tertiary/aromatic N) is 1. The molecule has 3 nitrogen and oxygen atoms in total. The maximum atomic E-state index is 10.5. The molecule has 0 saturated heterocycles. The van der Waals surface area contributed by atoms with Gasteiger partial charge in [0, 0.05) is 0 Å². The van der Waals surface area contributed by atoms with Gasteiger partial charge in [-0.3, -0.25) is 4.79 Å². The molecule has 0 spiro atoms. The minimum Gasteiger partial charge on any atom is -0.451 e. The van der Waals surface area contributed by atoms with Crippen molar-refractivity contribution in [2.45, 2.75) is 0 Å². The van der Waals surface area contributed by atoms with Crippen LogP contribution in [-0.2, 0) is 0 Å². The average Bonchev–Trinajstić information content (AvgIpc) is 2.95. The van der Waals surface area contributed by atoms with Crippen molar-refractivity contribution >= 4 is 39.4 Å². The fraction of sp³-hybridized carbons (Fsp3) is 0. The number of fused-ring (bicyclic) bond motifs is 1. The van der Waals surface area contributed by atoms with Gasteiger partial charge in [-0.15, -0.1) is 11.3 Å². The Morgan fingerprint density at radius 3 is 2.88 bits per heavy atom. The zero-order valence-corrected chi connectivity index (χ0v) is 10.1. The van der Waals surface area contributed by atoms with E-state index in [1.165, 1.54) is 11.3 Å². The second-order valence-corrected chi connectivity index (χ2v) is 4.86. The topological polar surface area (TPSA) is 43.1 Å². The number of hydrogen-bond acceptors (Lipinski definition) is 4. The smallest absolute Gasteiger partial charge is 0.185 e. The minimum atomic E-state index is 0.297. The summed E-state index contributed by atoms with van der Waals surface area (Å²) in [6.45, 7) is 0. The second-order valence-electron chi connectivity index (χ2n) is 3.43. The van der Waals surface area contributed by atoms with Crippen LogP contribution in [0.5, 0.6) is 0 Å². The maximum Gasteiger partial charge on any atom is 0.185 e. The van der Waals surface area contributed by atoms with Crippen molar-refractivity contribution in [2.24, 2.45) is 0 Å². The van der Waals surface area contributed by atoms with Crippen molar-refractivity contribution in [3.8, 4) is 10.8 Å². The summed E-state index contributed by atoms with van der Waals surface area (Å²) in [5.74, 6) is 0.884. The first-order chi connectivity index (χ1) is 8.28. The normalized spacial score (nSPS) is 10.9. The third kappa shape index (κ3) is 1.75. The Balaban J connectivity index is 2.17. The first kappa shape index (κ1) is 10.5. The van der Waals surface area contributed by atoms with E-state index in [-0.39, 0.29) is 0 Å². The average molecular weight is 264 g/mol. The first-order valence-electron chi connectivity index (χ1n) is 4.88. The van der Waals surface area contributed by atoms with Gasteiger partial charge in [0.05, 0.1) is 9.72 Å². The summed E-state index contributed by atoms with van der Waals surface area (Å²) in [4.78, 5) is 15.0. The molecule has 0 atom stereocenters. The standard InChI is InChI=1S/C12H6ClNO2S/c13-8-2-1-3-10-11(8)14-12(17-10)9-5-4-7(6-15)16-9/h1-6H. The lowest BCUT2D eigenvalue weighted by molar-refractivity contribution is 0.110. The molecular weight excluding hydrogens is 258 g/mol. The molecule has 1 aromatic carbocycles. The largest absolute Gasteiger partial charge is 0.451 e. The van der Waals surface area contributed by atoms with E-state index in [1.54, 1.807) is 18.2 Å². The summed E-state index contributed by atoms with van der Waals surface area (Å²) in [5.41, 5.74) is 0.762. The van der Waals surface area contributed by atoms with Crippen molar-refractivity contribution in [3.05, 3.63) is 41.1 Å². The van der Waals surface area contributed by atoms with E-state index in [4.69, 9.17) is 16.0 Å². The highest BCUT2D eigenvalue weighted by Gasteiger charge is 2.11. The molecule has 0 aliphatic carbocycles. The number of hydrogen-bond donors (Lipinski definition) is 0. The van der Waals surface area contributed by atoms with Gasteiger partial charge in [0.2, 0.25) is 0 Å². The number of para-hydroxylation sites is 1. The predicted octanol–water partition coefficient (Wildman–Crippen LogP) is 4.02. The van der Waals surface area contributed by atoms with E-state index >= 15 is 0 Å². The molecule has 2 heterocycles. The number of halogens is 1. The van der Waals surface area contributed by atoms with Crippen LogP contribution in [0, 0.1) is 0 Å². The minimum absolute atomic E-state index is 0.297. The van der Waals surface area contributed by atoms with E-state index in [9.17, 15) is 4.79 Å². The van der Waals surface area contributed by atoms with Crippen LogP contribution in [0.1, 0.15) is 10.6 Å². The van der Waals surface area contributed by atoms with Gasteiger partial charge in [-0.25, -0.2) is 4.98 Å². The fourth-order valence-electron chi connectivity index (χ4n) is 1.55. The van der Waals surface area contributed by atoms with E-state index in [1.807, 2.05) is 12.1 Å². The van der Waals surface area contributed by atoms with Crippen LogP contribution >= 0.6 is 22.9 Å². The highest BCUT2D eigenvalue weighted by molar-refractivity contribution is 7.21. The van der Waals surface area contributed by atoms with Crippen LogP contribution in [0.25, 0.3) is 21.0 Å². The van der Waals surface area contributed by atoms with Gasteiger partial charge >= 0.3 is 0 Å². The van der Waals surface area contributed by atoms with Gasteiger partial charge in [-0.05, 0) is 24.3 Å². The van der Waals surface area contributed by atoms with Gasteiger partial charge in [-0.2, -0.15) is 0 Å². The lowest BCUT2D eigenvalue weighted by Crippen LogP contribution is -1.72. The molecule has 2 aromatic heterocycles. The molecule has 17 heavy (non-hydrogen) atoms. The Kier molecular flexibility index (Phi) is 2.46. The molecule has 0 amide bonds. The number of furan rings is 1. The third-order valence-corrected chi connectivity index (χ3v) is 3.66. The van der Waals surface area contributed by atoms with Crippen molar-refractivity contribution in [1.29, 1.82) is 0 Å². The number of aldehydes is 1. The van der Waals surface area contributed by atoms with Crippen molar-refractivity contribution in [1.82, 2.24) is 4.98 Å². The molecule has 5 heteroatoms. The summed E-state index contributed by atoms with van der Waals surface area (Å²) in [5, 5.41) is 1.34. The van der Waals surface area contributed by atoms with Crippen LogP contribution in [0.2, 0.25) is 5.02 Å². The third-order valence-electron chi connectivity index (χ3n) is 2.32. The van der Waals surface area contributed by atoms with Crippen molar-refractivity contribution in [2.75, 3.05) is 0 Å². The molecule has 3 aromatic rings. The van der Waals surface area contributed by atoms with E-state index in [0.29, 0.717) is 22.8 Å². The summed E-state index contributed by atoms with van der Waals surface area (Å²) in [7, 11) is 0. The molecule has 84 valence electrons. The summed E-state index contributed by atoms with van der Waals surface area (Å²) < 4.78 is 6.32. The lowest BCUT2D eigenvalue weighted by atomic mass is 10.3. The number of carbonyl (C=O) groups is 1. The molecule has 0 radical (unpaired) electrons. The molecular formula is C12H6ClNO2S. The van der Waals surface area contributed by atoms with Crippen LogP contribution in [0.3, 0.4) is 0 Å². The second kappa shape index (κ2) is 3.98. The maximum absolute atomic E-state index is 10.5. The van der Waals surface area contributed by atoms with Crippen LogP contribution < -0.4 is 0 Å². The van der Waals surface area contributed by atoms with Gasteiger partial charge in [0.15, 0.2) is 22.8 Å². The number of carbonyl (C=O) groups excluding carboxylic acids is 1. The fourth-order valence-corrected chi connectivity index (χ4v) is 2.78. The molecule has 0 aliphatic rings. The SMILES string of the molecule is O=Cc1ccc(-c2nc3c(Cl)cccc3s2)o1. The van der Waals surface area contributed by atoms with E-state index < -0.39 is 0 Å². The summed E-state index contributed by atoms with van der Waals surface area (Å²) in [6.07, 6.45) is 0.670. The number of rotatable bonds is 2. The van der Waals surface area contributed by atoms with Gasteiger partial charge in [0.1, 0.15) is 5.52 Å². The monoisotopic (exact) mass is 263 g/mol. The molecule has 3 rings (SSSR count). The Bertz CT molecular complexity index is 701. The number of thiazole rings is 1. The van der Waals surface area contributed by atoms with E-state index in [0.717, 1.165) is 15.2 Å². The van der Waals surface area contributed by atoms with Crippen LogP contribution in [0.15, 0.2) is 34.7 Å². The Morgan fingerprint density at radius 1 is 1.29 bits per heavy atom. The quantitative estimate of drug-likeness (QED) is 0.656. The molecule has 0 N–H and O–H groups in total. The summed E-state index contributed by atoms with van der Waals surface area (Å²) >= 11 is 7.53. The first-order valence-corrected chi connectivity index (χ1v) is 6.08. The summed E-state index contributed by atoms with van der Waals surface area (Å²) in [6, 6.07) is 8.98. The van der Waals surface area contributed by atoms with Crippen molar-refractivity contribution < 1.29 is 9.21 Å². The highest BCUT2D eigenvalue weighted by atomic mass is 35.5. The highest BCUT2D eigenvalue weighted by Crippen LogP contribution is 2.33. The number of aromatic nitrogens is 1. The predicted molar refractivity (Wildman–Crippen MR) is 67.7 cm³/mol. The molecule has 0 fully saturated rings. The zero-order valence-electron chi connectivity index (χ0n) is 8.51.